The Bertz CT molecular complexity index is 890. The molecule has 5 nitrogen and oxygen atoms in total. The van der Waals surface area contributed by atoms with Gasteiger partial charge in [0.1, 0.15) is 17.2 Å². The number of nitrogens with zero attached hydrogens (tertiary/aromatic N) is 1. The molecule has 0 saturated carbocycles. The summed E-state index contributed by atoms with van der Waals surface area (Å²) in [6, 6.07) is 15.3. The highest BCUT2D eigenvalue weighted by molar-refractivity contribution is 7.09. The number of amides is 1. The van der Waals surface area contributed by atoms with Crippen molar-refractivity contribution in [3.63, 3.8) is 0 Å². The first kappa shape index (κ1) is 18.9. The number of methoxy groups -OCH3 is 1. The van der Waals surface area contributed by atoms with Crippen molar-refractivity contribution in [1.82, 2.24) is 4.98 Å². The highest BCUT2D eigenvalue weighted by Gasteiger charge is 2.13. The van der Waals surface area contributed by atoms with Crippen LogP contribution in [0.15, 0.2) is 53.9 Å². The van der Waals surface area contributed by atoms with Gasteiger partial charge < -0.3 is 14.8 Å². The number of nitrogens with one attached hydrogen (secondary N) is 1. The van der Waals surface area contributed by atoms with Gasteiger partial charge in [0.15, 0.2) is 0 Å². The summed E-state index contributed by atoms with van der Waals surface area (Å²) in [6.45, 7) is 2.65. The van der Waals surface area contributed by atoms with Crippen molar-refractivity contribution in [2.24, 2.45) is 0 Å². The Morgan fingerprint density at radius 1 is 1.15 bits per heavy atom. The quantitative estimate of drug-likeness (QED) is 0.609. The van der Waals surface area contributed by atoms with Gasteiger partial charge in [-0.25, -0.2) is 4.98 Å². The Morgan fingerprint density at radius 2 is 1.93 bits per heavy atom. The standard InChI is InChI=1S/C21H22N2O3S/c1-3-12-26-19-7-5-4-6-17(19)23-21(24)18-14-27-20(22-18)13-15-8-10-16(25-2)11-9-15/h4-11,14H,3,12-13H2,1-2H3,(H,23,24). The lowest BCUT2D eigenvalue weighted by Gasteiger charge is -2.11. The maximum Gasteiger partial charge on any atom is 0.275 e. The maximum absolute atomic E-state index is 12.6. The molecule has 0 atom stereocenters. The van der Waals surface area contributed by atoms with Gasteiger partial charge in [0.2, 0.25) is 0 Å². The number of carbonyl (C=O) groups is 1. The van der Waals surface area contributed by atoms with Gasteiger partial charge in [-0.05, 0) is 36.2 Å². The van der Waals surface area contributed by atoms with E-state index < -0.39 is 0 Å². The smallest absolute Gasteiger partial charge is 0.275 e. The number of carbonyl (C=O) groups excluding carboxylic acids is 1. The van der Waals surface area contributed by atoms with E-state index in [1.807, 2.05) is 55.5 Å². The van der Waals surface area contributed by atoms with Gasteiger partial charge >= 0.3 is 0 Å². The first-order chi connectivity index (χ1) is 13.2. The highest BCUT2D eigenvalue weighted by Crippen LogP contribution is 2.25. The third-order valence-electron chi connectivity index (χ3n) is 3.90. The average molecular weight is 382 g/mol. The van der Waals surface area contributed by atoms with Crippen LogP contribution in [0.4, 0.5) is 5.69 Å². The first-order valence-electron chi connectivity index (χ1n) is 8.80. The number of anilines is 1. The third kappa shape index (κ3) is 5.08. The second-order valence-corrected chi connectivity index (χ2v) is 6.89. The van der Waals surface area contributed by atoms with Crippen LogP contribution < -0.4 is 14.8 Å². The molecule has 0 unspecified atom stereocenters. The fourth-order valence-corrected chi connectivity index (χ4v) is 3.32. The number of rotatable bonds is 8. The molecule has 0 radical (unpaired) electrons. The molecule has 0 aliphatic carbocycles. The summed E-state index contributed by atoms with van der Waals surface area (Å²) >= 11 is 1.48. The highest BCUT2D eigenvalue weighted by atomic mass is 32.1. The summed E-state index contributed by atoms with van der Waals surface area (Å²) in [5, 5.41) is 5.56. The van der Waals surface area contributed by atoms with Crippen LogP contribution in [0.3, 0.4) is 0 Å². The normalized spacial score (nSPS) is 10.4. The molecule has 3 rings (SSSR count). The minimum absolute atomic E-state index is 0.236. The van der Waals surface area contributed by atoms with E-state index in [-0.39, 0.29) is 5.91 Å². The zero-order chi connectivity index (χ0) is 19.1. The largest absolute Gasteiger partial charge is 0.497 e. The number of ether oxygens (including phenoxy) is 2. The number of hydrogen-bond acceptors (Lipinski definition) is 5. The fourth-order valence-electron chi connectivity index (χ4n) is 2.51. The van der Waals surface area contributed by atoms with Crippen LogP contribution in [0.2, 0.25) is 0 Å². The molecule has 0 fully saturated rings. The third-order valence-corrected chi connectivity index (χ3v) is 4.74. The minimum atomic E-state index is -0.236. The van der Waals surface area contributed by atoms with Crippen molar-refractivity contribution < 1.29 is 14.3 Å². The number of para-hydroxylation sites is 2. The summed E-state index contributed by atoms with van der Waals surface area (Å²) < 4.78 is 10.9. The van der Waals surface area contributed by atoms with Gasteiger partial charge in [-0.2, -0.15) is 0 Å². The Kier molecular flexibility index (Phi) is 6.44. The molecule has 2 aromatic carbocycles. The molecule has 0 aliphatic heterocycles. The lowest BCUT2D eigenvalue weighted by molar-refractivity contribution is 0.102. The molecule has 0 bridgehead atoms. The zero-order valence-electron chi connectivity index (χ0n) is 15.4. The maximum atomic E-state index is 12.6. The summed E-state index contributed by atoms with van der Waals surface area (Å²) in [7, 11) is 1.65. The van der Waals surface area contributed by atoms with E-state index in [9.17, 15) is 4.79 Å². The van der Waals surface area contributed by atoms with E-state index in [4.69, 9.17) is 9.47 Å². The Balaban J connectivity index is 1.66. The molecule has 0 spiro atoms. The molecule has 1 heterocycles. The van der Waals surface area contributed by atoms with Gasteiger partial charge in [-0.3, -0.25) is 4.79 Å². The van der Waals surface area contributed by atoms with Gasteiger partial charge in [0.05, 0.1) is 24.4 Å². The molecule has 0 saturated heterocycles. The summed E-state index contributed by atoms with van der Waals surface area (Å²) in [4.78, 5) is 17.0. The lowest BCUT2D eigenvalue weighted by Crippen LogP contribution is -2.13. The summed E-state index contributed by atoms with van der Waals surface area (Å²) in [5.41, 5.74) is 2.19. The number of aromatic nitrogens is 1. The second-order valence-electron chi connectivity index (χ2n) is 5.95. The van der Waals surface area contributed by atoms with Crippen molar-refractivity contribution in [3.05, 3.63) is 70.2 Å². The summed E-state index contributed by atoms with van der Waals surface area (Å²) in [6.07, 6.45) is 1.58. The number of benzene rings is 2. The van der Waals surface area contributed by atoms with E-state index in [2.05, 4.69) is 10.3 Å². The molecular formula is C21H22N2O3S. The van der Waals surface area contributed by atoms with Crippen molar-refractivity contribution in [2.75, 3.05) is 19.0 Å². The number of thiazole rings is 1. The fraction of sp³-hybridized carbons (Fsp3) is 0.238. The van der Waals surface area contributed by atoms with Crippen molar-refractivity contribution in [2.45, 2.75) is 19.8 Å². The van der Waals surface area contributed by atoms with Crippen molar-refractivity contribution >= 4 is 22.9 Å². The van der Waals surface area contributed by atoms with Crippen LogP contribution in [-0.2, 0) is 6.42 Å². The Labute approximate surface area is 163 Å². The molecule has 1 N–H and O–H groups in total. The van der Waals surface area contributed by atoms with Crippen LogP contribution in [0, 0.1) is 0 Å². The molecule has 3 aromatic rings. The zero-order valence-corrected chi connectivity index (χ0v) is 16.2. The van der Waals surface area contributed by atoms with Gasteiger partial charge in [-0.1, -0.05) is 31.2 Å². The van der Waals surface area contributed by atoms with E-state index in [1.165, 1.54) is 11.3 Å². The molecule has 0 aliphatic rings. The summed E-state index contributed by atoms with van der Waals surface area (Å²) in [5.74, 6) is 1.25. The van der Waals surface area contributed by atoms with E-state index in [1.54, 1.807) is 12.5 Å². The Hall–Kier alpha value is -2.86. The molecular weight excluding hydrogens is 360 g/mol. The SMILES string of the molecule is CCCOc1ccccc1NC(=O)c1csc(Cc2ccc(OC)cc2)n1. The second kappa shape index (κ2) is 9.19. The predicted molar refractivity (Wildman–Crippen MR) is 108 cm³/mol. The molecule has 1 aromatic heterocycles. The van der Waals surface area contributed by atoms with Crippen molar-refractivity contribution in [1.29, 1.82) is 0 Å². The van der Waals surface area contributed by atoms with E-state index >= 15 is 0 Å². The topological polar surface area (TPSA) is 60.5 Å². The van der Waals surface area contributed by atoms with E-state index in [0.717, 1.165) is 22.7 Å². The van der Waals surface area contributed by atoms with Crippen molar-refractivity contribution in [3.8, 4) is 11.5 Å². The lowest BCUT2D eigenvalue weighted by atomic mass is 10.1. The van der Waals surface area contributed by atoms with Crippen LogP contribution >= 0.6 is 11.3 Å². The monoisotopic (exact) mass is 382 g/mol. The molecule has 1 amide bonds. The minimum Gasteiger partial charge on any atom is -0.497 e. The molecule has 6 heteroatoms. The predicted octanol–water partition coefficient (Wildman–Crippen LogP) is 4.78. The van der Waals surface area contributed by atoms with Gasteiger partial charge in [0, 0.05) is 11.8 Å². The average Bonchev–Trinajstić information content (AvgIpc) is 3.16. The molecule has 140 valence electrons. The Morgan fingerprint density at radius 3 is 2.67 bits per heavy atom. The van der Waals surface area contributed by atoms with Gasteiger partial charge in [-0.15, -0.1) is 11.3 Å². The number of hydrogen-bond donors (Lipinski definition) is 1. The van der Waals surface area contributed by atoms with E-state index in [0.29, 0.717) is 30.2 Å². The van der Waals surface area contributed by atoms with Gasteiger partial charge in [0.25, 0.3) is 5.91 Å². The molecule has 27 heavy (non-hydrogen) atoms. The van der Waals surface area contributed by atoms with Crippen LogP contribution in [0.1, 0.15) is 34.4 Å². The van der Waals surface area contributed by atoms with Crippen LogP contribution in [-0.4, -0.2) is 24.6 Å². The first-order valence-corrected chi connectivity index (χ1v) is 9.68. The van der Waals surface area contributed by atoms with Crippen LogP contribution in [0.25, 0.3) is 0 Å². The van der Waals surface area contributed by atoms with Crippen LogP contribution in [0.5, 0.6) is 11.5 Å².